The summed E-state index contributed by atoms with van der Waals surface area (Å²) in [4.78, 5) is 17.9. The number of nitrogens with zero attached hydrogens (tertiary/aromatic N) is 2. The highest BCUT2D eigenvalue weighted by Crippen LogP contribution is 2.48. The van der Waals surface area contributed by atoms with Crippen molar-refractivity contribution in [3.05, 3.63) is 0 Å². The molecule has 0 atom stereocenters. The van der Waals surface area contributed by atoms with Crippen LogP contribution in [0.2, 0.25) is 0 Å². The molecule has 1 aliphatic heterocycles. The van der Waals surface area contributed by atoms with Gasteiger partial charge in [-0.05, 0) is 44.4 Å². The van der Waals surface area contributed by atoms with Gasteiger partial charge < -0.3 is 25.4 Å². The number of likely N-dealkylation sites (tertiary alicyclic amines) is 1. The number of aliphatic imine (C=N–C) groups is 1. The van der Waals surface area contributed by atoms with Gasteiger partial charge >= 0.3 is 6.09 Å². The molecule has 1 heterocycles. The second-order valence-corrected chi connectivity index (χ2v) is 6.55. The van der Waals surface area contributed by atoms with Crippen LogP contribution >= 0.6 is 0 Å². The van der Waals surface area contributed by atoms with Crippen LogP contribution in [-0.4, -0.2) is 63.0 Å². The maximum absolute atomic E-state index is 11.7. The molecule has 1 saturated heterocycles. The summed E-state index contributed by atoms with van der Waals surface area (Å²) in [6.45, 7) is 5.19. The first-order chi connectivity index (χ1) is 11.1. The van der Waals surface area contributed by atoms with Crippen molar-refractivity contribution in [1.29, 1.82) is 0 Å². The Morgan fingerprint density at radius 3 is 2.65 bits per heavy atom. The van der Waals surface area contributed by atoms with Gasteiger partial charge in [-0.25, -0.2) is 4.79 Å². The van der Waals surface area contributed by atoms with Crippen LogP contribution < -0.4 is 11.1 Å². The fourth-order valence-electron chi connectivity index (χ4n) is 2.91. The second-order valence-electron chi connectivity index (χ2n) is 6.55. The third kappa shape index (κ3) is 5.57. The van der Waals surface area contributed by atoms with Gasteiger partial charge in [-0.15, -0.1) is 0 Å². The minimum Gasteiger partial charge on any atom is -0.450 e. The van der Waals surface area contributed by atoms with Crippen LogP contribution in [-0.2, 0) is 9.47 Å². The number of nitrogens with two attached hydrogens (primary N) is 1. The molecule has 0 bridgehead atoms. The number of guanidine groups is 1. The van der Waals surface area contributed by atoms with Crippen molar-refractivity contribution < 1.29 is 14.3 Å². The topological polar surface area (TPSA) is 89.2 Å². The number of carbonyl (C=O) groups is 1. The van der Waals surface area contributed by atoms with E-state index in [1.54, 1.807) is 12.0 Å². The summed E-state index contributed by atoms with van der Waals surface area (Å²) in [5.74, 6) is 0.517. The van der Waals surface area contributed by atoms with E-state index in [1.165, 1.54) is 12.8 Å². The molecule has 132 valence electrons. The first-order valence-corrected chi connectivity index (χ1v) is 8.55. The molecule has 7 nitrogen and oxygen atoms in total. The van der Waals surface area contributed by atoms with E-state index in [0.717, 1.165) is 32.4 Å². The molecule has 2 fully saturated rings. The molecule has 23 heavy (non-hydrogen) atoms. The molecule has 3 N–H and O–H groups in total. The van der Waals surface area contributed by atoms with E-state index in [-0.39, 0.29) is 12.1 Å². The first kappa shape index (κ1) is 17.8. The summed E-state index contributed by atoms with van der Waals surface area (Å²) < 4.78 is 10.2. The summed E-state index contributed by atoms with van der Waals surface area (Å²) in [7, 11) is 1.73. The molecule has 2 aliphatic rings. The van der Waals surface area contributed by atoms with Gasteiger partial charge in [0.05, 0.1) is 6.61 Å². The lowest BCUT2D eigenvalue weighted by molar-refractivity contribution is 0.0963. The summed E-state index contributed by atoms with van der Waals surface area (Å²) >= 11 is 0. The van der Waals surface area contributed by atoms with Crippen molar-refractivity contribution in [2.75, 3.05) is 40.0 Å². The quantitative estimate of drug-likeness (QED) is 0.544. The highest BCUT2D eigenvalue weighted by Gasteiger charge is 2.41. The Balaban J connectivity index is 1.69. The summed E-state index contributed by atoms with van der Waals surface area (Å²) in [6, 6.07) is 0.276. The van der Waals surface area contributed by atoms with Crippen LogP contribution in [0.15, 0.2) is 4.99 Å². The zero-order chi connectivity index (χ0) is 16.7. The number of hydrogen-bond donors (Lipinski definition) is 2. The number of methoxy groups -OCH3 is 1. The minimum atomic E-state index is -0.221. The van der Waals surface area contributed by atoms with E-state index in [9.17, 15) is 4.79 Å². The van der Waals surface area contributed by atoms with E-state index in [4.69, 9.17) is 15.2 Å². The van der Waals surface area contributed by atoms with Crippen molar-refractivity contribution in [2.24, 2.45) is 16.1 Å². The normalized spacial score (nSPS) is 21.1. The van der Waals surface area contributed by atoms with Crippen LogP contribution in [0.4, 0.5) is 4.79 Å². The molecule has 1 aliphatic carbocycles. The molecule has 0 spiro atoms. The smallest absolute Gasteiger partial charge is 0.409 e. The number of rotatable bonds is 7. The maximum atomic E-state index is 11.7. The Morgan fingerprint density at radius 2 is 2.09 bits per heavy atom. The van der Waals surface area contributed by atoms with Crippen molar-refractivity contribution in [3.63, 3.8) is 0 Å². The average molecular weight is 326 g/mol. The number of nitrogens with one attached hydrogen (secondary N) is 1. The Bertz CT molecular complexity index is 416. The second kappa shape index (κ2) is 8.38. The number of ether oxygens (including phenoxy) is 2. The zero-order valence-corrected chi connectivity index (χ0v) is 14.3. The molecule has 7 heteroatoms. The highest BCUT2D eigenvalue weighted by atomic mass is 16.6. The number of amides is 1. The predicted octanol–water partition coefficient (Wildman–Crippen LogP) is 1.33. The van der Waals surface area contributed by atoms with Crippen molar-refractivity contribution in [1.82, 2.24) is 10.2 Å². The standard InChI is InChI=1S/C16H30N4O3/c1-3-23-15(21)20-9-4-13(5-10-20)19-14(17)18-12-16(6-7-16)8-11-22-2/h13H,3-12H2,1-2H3,(H3,17,18,19). The number of hydrogen-bond acceptors (Lipinski definition) is 4. The van der Waals surface area contributed by atoms with Crippen LogP contribution in [0.1, 0.15) is 39.0 Å². The lowest BCUT2D eigenvalue weighted by atomic mass is 10.0. The molecule has 1 saturated carbocycles. The van der Waals surface area contributed by atoms with Gasteiger partial charge in [0.1, 0.15) is 0 Å². The summed E-state index contributed by atoms with van der Waals surface area (Å²) in [5, 5.41) is 3.28. The summed E-state index contributed by atoms with van der Waals surface area (Å²) in [6.07, 6.45) is 4.99. The van der Waals surface area contributed by atoms with E-state index >= 15 is 0 Å². The lowest BCUT2D eigenvalue weighted by Crippen LogP contribution is -2.48. The molecular weight excluding hydrogens is 296 g/mol. The molecule has 2 rings (SSSR count). The van der Waals surface area contributed by atoms with Gasteiger partial charge in [0.15, 0.2) is 5.96 Å². The van der Waals surface area contributed by atoms with Gasteiger partial charge in [0.25, 0.3) is 0 Å². The van der Waals surface area contributed by atoms with E-state index < -0.39 is 0 Å². The Labute approximate surface area is 138 Å². The van der Waals surface area contributed by atoms with E-state index in [1.807, 2.05) is 6.92 Å². The van der Waals surface area contributed by atoms with Crippen molar-refractivity contribution >= 4 is 12.1 Å². The Hall–Kier alpha value is -1.50. The van der Waals surface area contributed by atoms with Gasteiger partial charge in [-0.2, -0.15) is 0 Å². The molecule has 0 aromatic rings. The fourth-order valence-corrected chi connectivity index (χ4v) is 2.91. The predicted molar refractivity (Wildman–Crippen MR) is 89.4 cm³/mol. The highest BCUT2D eigenvalue weighted by molar-refractivity contribution is 5.78. The Kier molecular flexibility index (Phi) is 6.50. The molecular formula is C16H30N4O3. The lowest BCUT2D eigenvalue weighted by Gasteiger charge is -2.31. The van der Waals surface area contributed by atoms with Crippen LogP contribution in [0.5, 0.6) is 0 Å². The third-order valence-electron chi connectivity index (χ3n) is 4.75. The zero-order valence-electron chi connectivity index (χ0n) is 14.3. The van der Waals surface area contributed by atoms with Crippen molar-refractivity contribution in [3.8, 4) is 0 Å². The third-order valence-corrected chi connectivity index (χ3v) is 4.75. The molecule has 0 aromatic carbocycles. The first-order valence-electron chi connectivity index (χ1n) is 8.55. The largest absolute Gasteiger partial charge is 0.450 e. The molecule has 0 radical (unpaired) electrons. The van der Waals surface area contributed by atoms with E-state index in [2.05, 4.69) is 10.3 Å². The minimum absolute atomic E-state index is 0.221. The average Bonchev–Trinajstić information content (AvgIpc) is 3.32. The monoisotopic (exact) mass is 326 g/mol. The molecule has 0 unspecified atom stereocenters. The summed E-state index contributed by atoms with van der Waals surface area (Å²) in [5.41, 5.74) is 6.33. The number of carbonyl (C=O) groups excluding carboxylic acids is 1. The van der Waals surface area contributed by atoms with E-state index in [0.29, 0.717) is 31.1 Å². The fraction of sp³-hybridized carbons (Fsp3) is 0.875. The van der Waals surface area contributed by atoms with Gasteiger partial charge in [-0.3, -0.25) is 4.99 Å². The Morgan fingerprint density at radius 1 is 1.39 bits per heavy atom. The SMILES string of the molecule is CCOC(=O)N1CCC(NC(N)=NCC2(CCOC)CC2)CC1. The van der Waals surface area contributed by atoms with Crippen LogP contribution in [0.25, 0.3) is 0 Å². The van der Waals surface area contributed by atoms with Crippen LogP contribution in [0.3, 0.4) is 0 Å². The van der Waals surface area contributed by atoms with Crippen molar-refractivity contribution in [2.45, 2.75) is 45.1 Å². The molecule has 0 aromatic heterocycles. The van der Waals surface area contributed by atoms with Gasteiger partial charge in [0.2, 0.25) is 0 Å². The maximum Gasteiger partial charge on any atom is 0.409 e. The van der Waals surface area contributed by atoms with Crippen LogP contribution in [0, 0.1) is 5.41 Å². The number of piperidine rings is 1. The van der Waals surface area contributed by atoms with Gasteiger partial charge in [0, 0.05) is 39.4 Å². The van der Waals surface area contributed by atoms with Gasteiger partial charge in [-0.1, -0.05) is 0 Å². The molecule has 1 amide bonds.